The predicted octanol–water partition coefficient (Wildman–Crippen LogP) is 10.9. The lowest BCUT2D eigenvalue weighted by Crippen LogP contribution is -1.98. The number of benzene rings is 7. The lowest BCUT2D eigenvalue weighted by Gasteiger charge is -2.22. The van der Waals surface area contributed by atoms with Gasteiger partial charge < -0.3 is 4.57 Å². The molecule has 0 radical (unpaired) electrons. The van der Waals surface area contributed by atoms with E-state index < -0.39 is 0 Å². The van der Waals surface area contributed by atoms with Crippen LogP contribution in [-0.2, 0) is 0 Å². The second kappa shape index (κ2) is 8.35. The zero-order valence-electron chi connectivity index (χ0n) is 21.6. The third-order valence-electron chi connectivity index (χ3n) is 8.40. The Kier molecular flexibility index (Phi) is 4.61. The highest BCUT2D eigenvalue weighted by molar-refractivity contribution is 7.99. The van der Waals surface area contributed by atoms with E-state index in [4.69, 9.17) is 0 Å². The third-order valence-corrected chi connectivity index (χ3v) is 9.53. The van der Waals surface area contributed by atoms with Gasteiger partial charge in [0, 0.05) is 31.5 Å². The molecule has 1 aliphatic rings. The number of hydrogen-bond acceptors (Lipinski definition) is 1. The van der Waals surface area contributed by atoms with E-state index in [-0.39, 0.29) is 0 Å². The van der Waals surface area contributed by atoms with E-state index in [9.17, 15) is 0 Å². The maximum absolute atomic E-state index is 2.46. The largest absolute Gasteiger partial charge is 0.309 e. The highest BCUT2D eigenvalue weighted by Gasteiger charge is 2.22. The molecule has 0 atom stereocenters. The summed E-state index contributed by atoms with van der Waals surface area (Å²) in [5.74, 6) is 0. The molecule has 40 heavy (non-hydrogen) atoms. The normalized spacial score (nSPS) is 12.4. The van der Waals surface area contributed by atoms with Crippen molar-refractivity contribution in [2.24, 2.45) is 0 Å². The van der Waals surface area contributed by atoms with Gasteiger partial charge in [-0.05, 0) is 63.2 Å². The molecular formula is C38H23NS. The first-order chi connectivity index (χ1) is 19.9. The number of fused-ring (bicyclic) bond motifs is 7. The van der Waals surface area contributed by atoms with Gasteiger partial charge in [0.25, 0.3) is 0 Å². The number of aromatic nitrogens is 1. The maximum Gasteiger partial charge on any atom is 0.0547 e. The molecule has 1 aromatic heterocycles. The summed E-state index contributed by atoms with van der Waals surface area (Å²) < 4.78 is 2.46. The van der Waals surface area contributed by atoms with Crippen molar-refractivity contribution < 1.29 is 0 Å². The van der Waals surface area contributed by atoms with Crippen LogP contribution in [0.4, 0.5) is 0 Å². The molecule has 0 spiro atoms. The van der Waals surface area contributed by atoms with E-state index in [0.717, 1.165) is 0 Å². The van der Waals surface area contributed by atoms with Gasteiger partial charge in [-0.2, -0.15) is 0 Å². The molecule has 2 heteroatoms. The molecule has 186 valence electrons. The maximum atomic E-state index is 2.46. The Morgan fingerprint density at radius 3 is 2.05 bits per heavy atom. The topological polar surface area (TPSA) is 4.93 Å². The molecule has 1 aliphatic heterocycles. The number of hydrogen-bond donors (Lipinski definition) is 0. The van der Waals surface area contributed by atoms with E-state index >= 15 is 0 Å². The summed E-state index contributed by atoms with van der Waals surface area (Å²) in [6.07, 6.45) is 0. The average molecular weight is 526 g/mol. The van der Waals surface area contributed by atoms with Crippen molar-refractivity contribution in [2.45, 2.75) is 9.79 Å². The molecule has 1 nitrogen and oxygen atoms in total. The van der Waals surface area contributed by atoms with Gasteiger partial charge in [-0.25, -0.2) is 0 Å². The third kappa shape index (κ3) is 3.00. The van der Waals surface area contributed by atoms with Crippen molar-refractivity contribution in [2.75, 3.05) is 0 Å². The fraction of sp³-hybridized carbons (Fsp3) is 0. The van der Waals surface area contributed by atoms with Crippen LogP contribution in [0.25, 0.3) is 71.3 Å². The summed E-state index contributed by atoms with van der Waals surface area (Å²) in [5, 5.41) is 7.82. The molecular weight excluding hydrogens is 502 g/mol. The van der Waals surface area contributed by atoms with E-state index in [1.54, 1.807) is 0 Å². The Labute approximate surface area is 236 Å². The van der Waals surface area contributed by atoms with Crippen LogP contribution in [0, 0.1) is 0 Å². The van der Waals surface area contributed by atoms with Gasteiger partial charge in [-0.1, -0.05) is 121 Å². The Balaban J connectivity index is 1.37. The van der Waals surface area contributed by atoms with E-state index in [1.165, 1.54) is 81.1 Å². The van der Waals surface area contributed by atoms with Crippen molar-refractivity contribution in [1.82, 2.24) is 4.57 Å². The number of para-hydroxylation sites is 2. The second-order valence-corrected chi connectivity index (χ2v) is 11.6. The van der Waals surface area contributed by atoms with Crippen LogP contribution in [0.3, 0.4) is 0 Å². The second-order valence-electron chi connectivity index (χ2n) is 10.5. The molecule has 0 bridgehead atoms. The molecule has 0 N–H and O–H groups in total. The molecule has 8 aromatic rings. The van der Waals surface area contributed by atoms with E-state index in [2.05, 4.69) is 144 Å². The summed E-state index contributed by atoms with van der Waals surface area (Å²) in [7, 11) is 0. The van der Waals surface area contributed by atoms with Crippen molar-refractivity contribution >= 4 is 55.1 Å². The summed E-state index contributed by atoms with van der Waals surface area (Å²) in [6, 6.07) is 51.2. The van der Waals surface area contributed by atoms with Crippen molar-refractivity contribution in [1.29, 1.82) is 0 Å². The minimum absolute atomic E-state index is 1.20. The quantitative estimate of drug-likeness (QED) is 0.217. The van der Waals surface area contributed by atoms with Gasteiger partial charge >= 0.3 is 0 Å². The van der Waals surface area contributed by atoms with Crippen LogP contribution in [0.15, 0.2) is 149 Å². The molecule has 0 saturated carbocycles. The molecule has 0 unspecified atom stereocenters. The van der Waals surface area contributed by atoms with Gasteiger partial charge in [0.15, 0.2) is 0 Å². The fourth-order valence-electron chi connectivity index (χ4n) is 6.71. The molecule has 0 saturated heterocycles. The Morgan fingerprint density at radius 2 is 1.10 bits per heavy atom. The van der Waals surface area contributed by atoms with Crippen LogP contribution in [0.1, 0.15) is 0 Å². The lowest BCUT2D eigenvalue weighted by atomic mass is 9.92. The summed E-state index contributed by atoms with van der Waals surface area (Å²) in [5.41, 5.74) is 8.82. The first-order valence-electron chi connectivity index (χ1n) is 13.7. The predicted molar refractivity (Wildman–Crippen MR) is 171 cm³/mol. The lowest BCUT2D eigenvalue weighted by molar-refractivity contribution is 1.18. The van der Waals surface area contributed by atoms with Gasteiger partial charge in [0.2, 0.25) is 0 Å². The van der Waals surface area contributed by atoms with Crippen LogP contribution in [-0.4, -0.2) is 4.57 Å². The molecule has 0 fully saturated rings. The van der Waals surface area contributed by atoms with Crippen LogP contribution >= 0.6 is 11.8 Å². The number of rotatable bonds is 2. The van der Waals surface area contributed by atoms with Crippen LogP contribution in [0.2, 0.25) is 0 Å². The first kappa shape index (κ1) is 22.1. The summed E-state index contributed by atoms with van der Waals surface area (Å²) in [6.45, 7) is 0. The Morgan fingerprint density at radius 1 is 0.375 bits per heavy atom. The summed E-state index contributed by atoms with van der Waals surface area (Å²) in [4.78, 5) is 2.65. The van der Waals surface area contributed by atoms with Crippen LogP contribution < -0.4 is 0 Å². The zero-order chi connectivity index (χ0) is 26.2. The SMILES string of the molecule is c1ccc2c(c1)Sc1ccc(-c3ccccc3-n3c4ccccc4c4c5ccccc5ccc43)c3cccc-2c13. The van der Waals surface area contributed by atoms with Gasteiger partial charge in [-0.3, -0.25) is 0 Å². The molecule has 7 aromatic carbocycles. The average Bonchev–Trinajstić information content (AvgIpc) is 3.36. The first-order valence-corrected chi connectivity index (χ1v) is 14.5. The van der Waals surface area contributed by atoms with Crippen molar-refractivity contribution in [3.63, 3.8) is 0 Å². The van der Waals surface area contributed by atoms with E-state index in [1.807, 2.05) is 11.8 Å². The van der Waals surface area contributed by atoms with Crippen molar-refractivity contribution in [3.8, 4) is 27.9 Å². The molecule has 9 rings (SSSR count). The monoisotopic (exact) mass is 525 g/mol. The summed E-state index contributed by atoms with van der Waals surface area (Å²) >= 11 is 1.88. The number of nitrogens with zero attached hydrogens (tertiary/aromatic N) is 1. The smallest absolute Gasteiger partial charge is 0.0547 e. The zero-order valence-corrected chi connectivity index (χ0v) is 22.5. The fourth-order valence-corrected chi connectivity index (χ4v) is 7.84. The molecule has 2 heterocycles. The Bertz CT molecular complexity index is 2310. The highest BCUT2D eigenvalue weighted by atomic mass is 32.2. The molecule has 0 amide bonds. The van der Waals surface area contributed by atoms with Gasteiger partial charge in [-0.15, -0.1) is 0 Å². The highest BCUT2D eigenvalue weighted by Crippen LogP contribution is 2.50. The van der Waals surface area contributed by atoms with Crippen LogP contribution in [0.5, 0.6) is 0 Å². The minimum Gasteiger partial charge on any atom is -0.309 e. The minimum atomic E-state index is 1.20. The van der Waals surface area contributed by atoms with Gasteiger partial charge in [0.1, 0.15) is 0 Å². The van der Waals surface area contributed by atoms with E-state index in [0.29, 0.717) is 0 Å². The molecule has 0 aliphatic carbocycles. The van der Waals surface area contributed by atoms with Gasteiger partial charge in [0.05, 0.1) is 16.7 Å². The standard InChI is InChI=1S/C38H23NS/c1-2-11-25-24(10-1)20-22-34-37(25)31-14-4-7-18-33(31)39(34)32-17-6-3-12-27(32)26-21-23-36-38-29(26)15-9-16-30(38)28-13-5-8-19-35(28)40-36/h1-23H. The Hall–Kier alpha value is -4.79. The van der Waals surface area contributed by atoms with Crippen molar-refractivity contribution in [3.05, 3.63) is 140 Å².